The highest BCUT2D eigenvalue weighted by Gasteiger charge is 2.33. The number of fused-ring (bicyclic) bond motifs is 3. The van der Waals surface area contributed by atoms with Gasteiger partial charge in [-0.15, -0.1) is 0 Å². The molecule has 0 bridgehead atoms. The Hall–Kier alpha value is -6.07. The summed E-state index contributed by atoms with van der Waals surface area (Å²) in [6.45, 7) is 5.84. The van der Waals surface area contributed by atoms with Crippen LogP contribution >= 0.6 is 0 Å². The summed E-state index contributed by atoms with van der Waals surface area (Å²) in [5.41, 5.74) is 7.44. The van der Waals surface area contributed by atoms with E-state index in [2.05, 4.69) is 28.5 Å². The number of ether oxygens (including phenoxy) is 2. The van der Waals surface area contributed by atoms with Crippen molar-refractivity contribution in [1.29, 1.82) is 0 Å². The van der Waals surface area contributed by atoms with Crippen LogP contribution in [0, 0.1) is 6.92 Å². The number of likely N-dealkylation sites (N-methyl/N-ethyl adjacent to an activating group) is 1. The number of nitrogens with zero attached hydrogens (tertiary/aromatic N) is 6. The summed E-state index contributed by atoms with van der Waals surface area (Å²) in [6, 6.07) is 24.3. The number of aromatic nitrogens is 3. The van der Waals surface area contributed by atoms with Crippen molar-refractivity contribution in [2.75, 3.05) is 32.3 Å². The molecular formula is C42H42N6O5. The molecule has 0 aliphatic carbocycles. The number of pyridine rings is 1. The highest BCUT2D eigenvalue weighted by molar-refractivity contribution is 6.13. The molecule has 2 aliphatic rings. The number of carbonyl (C=O) groups is 2. The van der Waals surface area contributed by atoms with Crippen molar-refractivity contribution in [3.63, 3.8) is 0 Å². The lowest BCUT2D eigenvalue weighted by atomic mass is 9.93. The quantitative estimate of drug-likeness (QED) is 0.183. The number of anilines is 2. The number of hydrogen-bond acceptors (Lipinski definition) is 7. The maximum Gasteiger partial charge on any atom is 0.264 e. The van der Waals surface area contributed by atoms with Crippen LogP contribution in [-0.2, 0) is 26.6 Å². The lowest BCUT2D eigenvalue weighted by molar-refractivity contribution is 0.0658. The van der Waals surface area contributed by atoms with Gasteiger partial charge >= 0.3 is 0 Å². The average molecular weight is 711 g/mol. The van der Waals surface area contributed by atoms with Crippen LogP contribution in [0.2, 0.25) is 0 Å². The second kappa shape index (κ2) is 13.5. The molecule has 1 N–H and O–H groups in total. The van der Waals surface area contributed by atoms with E-state index in [9.17, 15) is 9.90 Å². The first kappa shape index (κ1) is 34.0. The van der Waals surface area contributed by atoms with E-state index in [0.717, 1.165) is 34.4 Å². The van der Waals surface area contributed by atoms with Crippen LogP contribution < -0.4 is 14.4 Å². The number of rotatable bonds is 8. The Morgan fingerprint density at radius 2 is 1.66 bits per heavy atom. The van der Waals surface area contributed by atoms with Crippen molar-refractivity contribution in [2.45, 2.75) is 39.4 Å². The van der Waals surface area contributed by atoms with Crippen LogP contribution in [0.4, 0.5) is 11.4 Å². The molecular weight excluding hydrogens is 668 g/mol. The number of carbonyl (C=O) groups excluding carboxylic acids is 2. The van der Waals surface area contributed by atoms with E-state index < -0.39 is 0 Å². The first-order chi connectivity index (χ1) is 25.6. The Kier molecular flexibility index (Phi) is 8.66. The van der Waals surface area contributed by atoms with Gasteiger partial charge in [0, 0.05) is 61.3 Å². The Labute approximate surface area is 308 Å². The average Bonchev–Trinajstić information content (AvgIpc) is 3.86. The van der Waals surface area contributed by atoms with Gasteiger partial charge in [-0.2, -0.15) is 0 Å². The van der Waals surface area contributed by atoms with E-state index >= 15 is 4.79 Å². The minimum Gasteiger partial charge on any atom is -0.508 e. The smallest absolute Gasteiger partial charge is 0.264 e. The minimum absolute atomic E-state index is 0.0236. The van der Waals surface area contributed by atoms with Crippen molar-refractivity contribution in [2.24, 2.45) is 7.05 Å². The molecule has 0 saturated heterocycles. The van der Waals surface area contributed by atoms with Gasteiger partial charge in [0.1, 0.15) is 11.4 Å². The van der Waals surface area contributed by atoms with Gasteiger partial charge in [-0.25, -0.2) is 4.98 Å². The number of hydrogen-bond donors (Lipinski definition) is 1. The first-order valence-electron chi connectivity index (χ1n) is 17.8. The molecule has 0 saturated carbocycles. The fourth-order valence-electron chi connectivity index (χ4n) is 7.48. The molecule has 53 heavy (non-hydrogen) atoms. The molecule has 1 atom stereocenters. The van der Waals surface area contributed by atoms with Crippen LogP contribution in [0.15, 0.2) is 91.3 Å². The lowest BCUT2D eigenvalue weighted by Gasteiger charge is -2.35. The van der Waals surface area contributed by atoms with Gasteiger partial charge in [0.2, 0.25) is 6.79 Å². The van der Waals surface area contributed by atoms with E-state index in [1.165, 1.54) is 5.56 Å². The zero-order chi connectivity index (χ0) is 37.0. The molecule has 0 fully saturated rings. The maximum absolute atomic E-state index is 15.0. The number of phenolic OH excluding ortho intramolecular Hbond substituents is 1. The maximum atomic E-state index is 15.0. The molecule has 270 valence electrons. The Morgan fingerprint density at radius 3 is 2.42 bits per heavy atom. The minimum atomic E-state index is -0.273. The van der Waals surface area contributed by atoms with E-state index in [-0.39, 0.29) is 30.4 Å². The Bertz CT molecular complexity index is 2380. The zero-order valence-corrected chi connectivity index (χ0v) is 30.5. The molecule has 3 aromatic carbocycles. The van der Waals surface area contributed by atoms with Gasteiger partial charge < -0.3 is 33.5 Å². The molecule has 0 spiro atoms. The molecule has 6 aromatic rings. The normalized spacial score (nSPS) is 14.9. The summed E-state index contributed by atoms with van der Waals surface area (Å²) >= 11 is 0. The largest absolute Gasteiger partial charge is 0.508 e. The van der Waals surface area contributed by atoms with Crippen LogP contribution in [0.3, 0.4) is 0 Å². The van der Waals surface area contributed by atoms with E-state index in [0.29, 0.717) is 59.2 Å². The van der Waals surface area contributed by atoms with Gasteiger partial charge in [-0.1, -0.05) is 24.3 Å². The van der Waals surface area contributed by atoms with Crippen molar-refractivity contribution in [3.8, 4) is 28.5 Å². The fourth-order valence-corrected chi connectivity index (χ4v) is 7.48. The Balaban J connectivity index is 1.27. The van der Waals surface area contributed by atoms with Crippen LogP contribution in [0.5, 0.6) is 17.2 Å². The predicted octanol–water partition coefficient (Wildman–Crippen LogP) is 6.91. The second-order valence-electron chi connectivity index (χ2n) is 14.2. The molecule has 8 rings (SSSR count). The summed E-state index contributed by atoms with van der Waals surface area (Å²) in [6.07, 6.45) is 4.39. The summed E-state index contributed by atoms with van der Waals surface area (Å²) in [5.74, 6) is 0.776. The Morgan fingerprint density at radius 1 is 0.925 bits per heavy atom. The van der Waals surface area contributed by atoms with Crippen LogP contribution in [0.1, 0.15) is 44.5 Å². The third-order valence-electron chi connectivity index (χ3n) is 10.4. The molecule has 3 aromatic heterocycles. The summed E-state index contributed by atoms with van der Waals surface area (Å²) in [5, 5.41) is 11.0. The van der Waals surface area contributed by atoms with Crippen molar-refractivity contribution in [1.82, 2.24) is 23.9 Å². The lowest BCUT2D eigenvalue weighted by Crippen LogP contribution is -2.42. The topological polar surface area (TPSA) is 105 Å². The van der Waals surface area contributed by atoms with Gasteiger partial charge in [0.05, 0.1) is 28.7 Å². The molecule has 0 radical (unpaired) electrons. The number of benzene rings is 3. The van der Waals surface area contributed by atoms with E-state index in [1.807, 2.05) is 80.1 Å². The van der Waals surface area contributed by atoms with Crippen molar-refractivity contribution in [3.05, 3.63) is 119 Å². The molecule has 2 aliphatic heterocycles. The predicted molar refractivity (Wildman–Crippen MR) is 204 cm³/mol. The molecule has 11 nitrogen and oxygen atoms in total. The van der Waals surface area contributed by atoms with Crippen molar-refractivity contribution < 1.29 is 24.2 Å². The first-order valence-corrected chi connectivity index (χ1v) is 17.8. The van der Waals surface area contributed by atoms with Gasteiger partial charge in [-0.05, 0) is 100 Å². The number of amides is 2. The standard InChI is InChI=1S/C42H42N6O5/c1-26-18-28-8-6-7-9-30(28)24-47(26)41(50)36-22-39-38(52-25-53-39)21-35(36)37-20-34(27(2)46(37)17-16-44(3)4)42(51)48(31-10-12-33(49)13-11-31)32-19-29-14-15-45(5)40(29)43-23-32/h6-15,19-23,26,49H,16-18,24-25H2,1-5H3/t26-/m1/s1. The van der Waals surface area contributed by atoms with Crippen LogP contribution in [0.25, 0.3) is 22.3 Å². The van der Waals surface area contributed by atoms with Gasteiger partial charge in [0.25, 0.3) is 11.8 Å². The van der Waals surface area contributed by atoms with Crippen molar-refractivity contribution >= 4 is 34.2 Å². The molecule has 0 unspecified atom stereocenters. The summed E-state index contributed by atoms with van der Waals surface area (Å²) < 4.78 is 15.7. The van der Waals surface area contributed by atoms with E-state index in [1.54, 1.807) is 41.4 Å². The van der Waals surface area contributed by atoms with Gasteiger partial charge in [0.15, 0.2) is 11.5 Å². The highest BCUT2D eigenvalue weighted by Crippen LogP contribution is 2.42. The SMILES string of the molecule is Cc1c(C(=O)N(c2ccc(O)cc2)c2cnc3c(ccn3C)c2)cc(-c2cc3c(cc2C(=O)N2Cc4ccccc4C[C@H]2C)OCO3)n1CCN(C)C. The van der Waals surface area contributed by atoms with Crippen LogP contribution in [-0.4, -0.2) is 74.3 Å². The van der Waals surface area contributed by atoms with Gasteiger partial charge in [-0.3, -0.25) is 14.5 Å². The molecule has 2 amide bonds. The zero-order valence-electron chi connectivity index (χ0n) is 30.5. The van der Waals surface area contributed by atoms with E-state index in [4.69, 9.17) is 14.5 Å². The molecule has 5 heterocycles. The number of aryl methyl sites for hydroxylation is 1. The third-order valence-corrected chi connectivity index (χ3v) is 10.4. The fraction of sp³-hybridized carbons (Fsp3) is 0.262. The monoisotopic (exact) mass is 710 g/mol. The number of phenols is 1. The second-order valence-corrected chi connectivity index (χ2v) is 14.2. The summed E-state index contributed by atoms with van der Waals surface area (Å²) in [4.78, 5) is 40.1. The summed E-state index contributed by atoms with van der Waals surface area (Å²) in [7, 11) is 5.95. The third kappa shape index (κ3) is 6.16. The highest BCUT2D eigenvalue weighted by atomic mass is 16.7. The number of aromatic hydroxyl groups is 1. The molecule has 11 heteroatoms.